The molecule has 0 bridgehead atoms. The molecule has 4 aromatic heterocycles. The van der Waals surface area contributed by atoms with Gasteiger partial charge in [0.15, 0.2) is 12.4 Å². The van der Waals surface area contributed by atoms with Crippen LogP contribution in [0.1, 0.15) is 49.7 Å². The van der Waals surface area contributed by atoms with E-state index in [1.807, 2.05) is 42.9 Å². The van der Waals surface area contributed by atoms with Crippen LogP contribution in [0.15, 0.2) is 28.9 Å². The van der Waals surface area contributed by atoms with Crippen LogP contribution in [-0.4, -0.2) is 33.1 Å². The number of carbonyl (C=O) groups is 2. The Morgan fingerprint density at radius 3 is 2.47 bits per heavy atom. The molecule has 166 valence electrons. The number of esters is 2. The summed E-state index contributed by atoms with van der Waals surface area (Å²) in [5.74, 6) is -0.495. The van der Waals surface area contributed by atoms with E-state index in [-0.39, 0.29) is 41.5 Å². The van der Waals surface area contributed by atoms with Crippen LogP contribution in [0.5, 0.6) is 0 Å². The van der Waals surface area contributed by atoms with Crippen molar-refractivity contribution in [3.8, 4) is 5.00 Å². The third kappa shape index (κ3) is 3.73. The summed E-state index contributed by atoms with van der Waals surface area (Å²) in [5.41, 5.74) is 7.77. The summed E-state index contributed by atoms with van der Waals surface area (Å²) in [4.78, 5) is 34.7. The van der Waals surface area contributed by atoms with E-state index in [4.69, 9.17) is 19.6 Å². The van der Waals surface area contributed by atoms with Crippen molar-refractivity contribution in [1.29, 1.82) is 0 Å². The van der Waals surface area contributed by atoms with Gasteiger partial charge in [-0.15, -0.1) is 11.3 Å². The van der Waals surface area contributed by atoms with E-state index in [2.05, 4.69) is 9.97 Å². The molecule has 10 heteroatoms. The minimum Gasteiger partial charge on any atom is -0.462 e. The number of thiophene rings is 1. The number of hydrogen-bond acceptors (Lipinski definition) is 9. The molecule has 0 atom stereocenters. The van der Waals surface area contributed by atoms with Gasteiger partial charge in [0.2, 0.25) is 5.71 Å². The lowest BCUT2D eigenvalue weighted by Gasteiger charge is -2.08. The summed E-state index contributed by atoms with van der Waals surface area (Å²) in [6.07, 6.45) is 3.75. The molecule has 4 aromatic rings. The van der Waals surface area contributed by atoms with Crippen molar-refractivity contribution in [2.24, 2.45) is 0 Å². The minimum atomic E-state index is -0.556. The van der Waals surface area contributed by atoms with Crippen LogP contribution in [0.2, 0.25) is 0 Å². The number of nitrogens with zero attached hydrogens (tertiary/aromatic N) is 3. The first-order valence-corrected chi connectivity index (χ1v) is 10.8. The van der Waals surface area contributed by atoms with Gasteiger partial charge in [0.25, 0.3) is 0 Å². The second-order valence-electron chi connectivity index (χ2n) is 7.09. The molecule has 0 aromatic carbocycles. The quantitative estimate of drug-likeness (QED) is 0.432. The third-order valence-corrected chi connectivity index (χ3v) is 6.24. The summed E-state index contributed by atoms with van der Waals surface area (Å²) in [6, 6.07) is 3.78. The number of carbonyl (C=O) groups excluding carboxylic acids is 2. The normalized spacial score (nSPS) is 11.1. The van der Waals surface area contributed by atoms with E-state index >= 15 is 0 Å². The number of nitrogens with two attached hydrogens (primary N) is 1. The van der Waals surface area contributed by atoms with Gasteiger partial charge in [-0.25, -0.2) is 14.6 Å². The van der Waals surface area contributed by atoms with Crippen LogP contribution < -0.4 is 5.73 Å². The number of aromatic nitrogens is 3. The molecule has 9 nitrogen and oxygen atoms in total. The summed E-state index contributed by atoms with van der Waals surface area (Å²) < 4.78 is 18.1. The van der Waals surface area contributed by atoms with Crippen LogP contribution in [0.4, 0.5) is 5.82 Å². The van der Waals surface area contributed by atoms with Crippen molar-refractivity contribution in [2.75, 3.05) is 12.3 Å². The first-order chi connectivity index (χ1) is 15.3. The topological polar surface area (TPSA) is 122 Å². The molecular weight excluding hydrogens is 432 g/mol. The molecule has 0 aliphatic rings. The summed E-state index contributed by atoms with van der Waals surface area (Å²) in [5, 5.41) is 1.07. The lowest BCUT2D eigenvalue weighted by atomic mass is 10.1. The van der Waals surface area contributed by atoms with Crippen molar-refractivity contribution in [3.05, 3.63) is 57.7 Å². The Labute approximate surface area is 187 Å². The molecular formula is C22H22N4O5S. The van der Waals surface area contributed by atoms with E-state index in [0.29, 0.717) is 11.3 Å². The number of nitrogen functional groups attached to an aromatic ring is 1. The summed E-state index contributed by atoms with van der Waals surface area (Å²) in [6.45, 7) is 7.19. The average molecular weight is 455 g/mol. The predicted molar refractivity (Wildman–Crippen MR) is 119 cm³/mol. The van der Waals surface area contributed by atoms with E-state index < -0.39 is 11.9 Å². The molecule has 0 radical (unpaired) electrons. The molecule has 4 rings (SSSR count). The molecule has 4 heterocycles. The Morgan fingerprint density at radius 1 is 1.09 bits per heavy atom. The average Bonchev–Trinajstić information content (AvgIpc) is 3.45. The van der Waals surface area contributed by atoms with Gasteiger partial charge in [0.05, 0.1) is 17.6 Å². The maximum absolute atomic E-state index is 12.9. The fourth-order valence-electron chi connectivity index (χ4n) is 3.40. The summed E-state index contributed by atoms with van der Waals surface area (Å²) >= 11 is 1.52. The molecule has 0 saturated heterocycles. The molecule has 0 aliphatic carbocycles. The third-order valence-electron chi connectivity index (χ3n) is 5.02. The molecule has 0 saturated carbocycles. The number of furan rings is 1. The smallest absolute Gasteiger partial charge is 0.342 e. The van der Waals surface area contributed by atoms with E-state index in [1.165, 1.54) is 11.3 Å². The maximum Gasteiger partial charge on any atom is 0.342 e. The van der Waals surface area contributed by atoms with Crippen LogP contribution >= 0.6 is 11.3 Å². The van der Waals surface area contributed by atoms with Crippen LogP contribution in [-0.2, 0) is 16.1 Å². The van der Waals surface area contributed by atoms with Crippen molar-refractivity contribution >= 4 is 40.2 Å². The zero-order chi connectivity index (χ0) is 23.0. The van der Waals surface area contributed by atoms with Gasteiger partial charge >= 0.3 is 11.9 Å². The number of anilines is 1. The Bertz CT molecular complexity index is 1320. The highest BCUT2D eigenvalue weighted by molar-refractivity contribution is 7.15. The Morgan fingerprint density at radius 2 is 1.78 bits per heavy atom. The van der Waals surface area contributed by atoms with Crippen LogP contribution in [0.3, 0.4) is 0 Å². The van der Waals surface area contributed by atoms with E-state index in [0.717, 1.165) is 15.4 Å². The fraction of sp³-hybridized carbons (Fsp3) is 0.273. The van der Waals surface area contributed by atoms with Gasteiger partial charge in [-0.3, -0.25) is 0 Å². The number of fused-ring (bicyclic) bond motifs is 1. The molecule has 0 unspecified atom stereocenters. The number of hydrogen-bond donors (Lipinski definition) is 1. The predicted octanol–water partition coefficient (Wildman–Crippen LogP) is 4.12. The van der Waals surface area contributed by atoms with Gasteiger partial charge in [0.1, 0.15) is 22.1 Å². The number of aryl methyl sites for hydroxylation is 2. The zero-order valence-corrected chi connectivity index (χ0v) is 18.9. The van der Waals surface area contributed by atoms with E-state index in [9.17, 15) is 9.59 Å². The standard InChI is InChI=1S/C22H22N4O5S/c1-5-29-22(28)16-12(3)31-19-17(16)18(23)24-14(25-19)10-30-21(27)15-11(2)13(4)32-20(15)26-8-6-7-9-26/h6-9H,5,10H2,1-4H3,(H2,23,24,25). The van der Waals surface area contributed by atoms with Gasteiger partial charge in [-0.1, -0.05) is 0 Å². The molecule has 0 fully saturated rings. The second kappa shape index (κ2) is 8.46. The Kier molecular flexibility index (Phi) is 5.70. The van der Waals surface area contributed by atoms with Gasteiger partial charge < -0.3 is 24.2 Å². The minimum absolute atomic E-state index is 0.0524. The SMILES string of the molecule is CCOC(=O)c1c(C)oc2nc(COC(=O)c3c(-n4cccc4)sc(C)c3C)nc(N)c12. The van der Waals surface area contributed by atoms with Gasteiger partial charge in [0, 0.05) is 17.3 Å². The first-order valence-electron chi connectivity index (χ1n) is 9.94. The van der Waals surface area contributed by atoms with Gasteiger partial charge in [-0.05, 0) is 45.4 Å². The van der Waals surface area contributed by atoms with Crippen molar-refractivity contribution in [3.63, 3.8) is 0 Å². The van der Waals surface area contributed by atoms with Crippen LogP contribution in [0, 0.1) is 20.8 Å². The molecule has 32 heavy (non-hydrogen) atoms. The highest BCUT2D eigenvalue weighted by Crippen LogP contribution is 2.32. The molecule has 0 spiro atoms. The monoisotopic (exact) mass is 454 g/mol. The highest BCUT2D eigenvalue weighted by Gasteiger charge is 2.25. The number of rotatable bonds is 6. The van der Waals surface area contributed by atoms with E-state index in [1.54, 1.807) is 13.8 Å². The molecule has 0 aliphatic heterocycles. The van der Waals surface area contributed by atoms with Crippen molar-refractivity contribution < 1.29 is 23.5 Å². The fourth-order valence-corrected chi connectivity index (χ4v) is 4.51. The maximum atomic E-state index is 12.9. The molecule has 2 N–H and O–H groups in total. The lowest BCUT2D eigenvalue weighted by molar-refractivity contribution is 0.0461. The molecule has 0 amide bonds. The van der Waals surface area contributed by atoms with Crippen LogP contribution in [0.25, 0.3) is 16.1 Å². The van der Waals surface area contributed by atoms with Gasteiger partial charge in [-0.2, -0.15) is 4.98 Å². The van der Waals surface area contributed by atoms with Crippen molar-refractivity contribution in [2.45, 2.75) is 34.3 Å². The van der Waals surface area contributed by atoms with Crippen molar-refractivity contribution in [1.82, 2.24) is 14.5 Å². The first kappa shape index (κ1) is 21.6. The summed E-state index contributed by atoms with van der Waals surface area (Å²) in [7, 11) is 0. The zero-order valence-electron chi connectivity index (χ0n) is 18.1. The second-order valence-corrected chi connectivity index (χ2v) is 8.29. The largest absolute Gasteiger partial charge is 0.462 e. The lowest BCUT2D eigenvalue weighted by Crippen LogP contribution is -2.11. The number of ether oxygens (including phenoxy) is 2. The Hall–Kier alpha value is -3.66. The Balaban J connectivity index is 1.61. The highest BCUT2D eigenvalue weighted by atomic mass is 32.1.